The molecule has 2 rings (SSSR count). The third kappa shape index (κ3) is 4.05. The second-order valence-electron chi connectivity index (χ2n) is 5.40. The molecule has 0 aromatic heterocycles. The van der Waals surface area contributed by atoms with Crippen molar-refractivity contribution in [1.82, 2.24) is 5.32 Å². The molecule has 19 heavy (non-hydrogen) atoms. The van der Waals surface area contributed by atoms with Gasteiger partial charge in [0.25, 0.3) is 0 Å². The summed E-state index contributed by atoms with van der Waals surface area (Å²) in [6, 6.07) is 4.70. The molecule has 0 radical (unpaired) electrons. The molecule has 2 nitrogen and oxygen atoms in total. The predicted octanol–water partition coefficient (Wildman–Crippen LogP) is 4.22. The van der Waals surface area contributed by atoms with Crippen molar-refractivity contribution in [2.24, 2.45) is 5.41 Å². The molecule has 1 aromatic rings. The normalized spacial score (nSPS) is 17.3. The van der Waals surface area contributed by atoms with Gasteiger partial charge in [-0.25, -0.2) is 0 Å². The lowest BCUT2D eigenvalue weighted by molar-refractivity contribution is -0.0505. The Morgan fingerprint density at radius 3 is 2.74 bits per heavy atom. The number of alkyl halides is 2. The van der Waals surface area contributed by atoms with Gasteiger partial charge in [-0.15, -0.1) is 0 Å². The minimum Gasteiger partial charge on any atom is -0.434 e. The van der Waals surface area contributed by atoms with Gasteiger partial charge < -0.3 is 10.1 Å². The number of hydrogen-bond donors (Lipinski definition) is 1. The van der Waals surface area contributed by atoms with Crippen LogP contribution in [-0.4, -0.2) is 13.2 Å². The minimum absolute atomic E-state index is 0.186. The molecule has 1 fully saturated rings. The molecule has 0 spiro atoms. The van der Waals surface area contributed by atoms with Crippen LogP contribution in [0.15, 0.2) is 18.2 Å². The summed E-state index contributed by atoms with van der Waals surface area (Å²) in [6.07, 6.45) is 3.71. The Balaban J connectivity index is 1.95. The highest BCUT2D eigenvalue weighted by atomic mass is 35.5. The van der Waals surface area contributed by atoms with Crippen molar-refractivity contribution in [2.45, 2.75) is 39.3 Å². The molecule has 0 unspecified atom stereocenters. The summed E-state index contributed by atoms with van der Waals surface area (Å²) in [7, 11) is 0. The lowest BCUT2D eigenvalue weighted by Crippen LogP contribution is -2.37. The number of hydrogen-bond acceptors (Lipinski definition) is 2. The van der Waals surface area contributed by atoms with E-state index in [9.17, 15) is 8.78 Å². The molecule has 1 aliphatic rings. The van der Waals surface area contributed by atoms with E-state index in [1.807, 2.05) is 0 Å². The van der Waals surface area contributed by atoms with E-state index in [-0.39, 0.29) is 5.75 Å². The van der Waals surface area contributed by atoms with Crippen LogP contribution in [0.5, 0.6) is 5.75 Å². The average molecular weight is 290 g/mol. The zero-order valence-electron chi connectivity index (χ0n) is 10.9. The summed E-state index contributed by atoms with van der Waals surface area (Å²) in [6.45, 7) is 0.785. The van der Waals surface area contributed by atoms with Gasteiger partial charge in [-0.1, -0.05) is 24.9 Å². The van der Waals surface area contributed by atoms with Gasteiger partial charge in [0.2, 0.25) is 0 Å². The Morgan fingerprint density at radius 2 is 2.16 bits per heavy atom. The first-order valence-corrected chi connectivity index (χ1v) is 6.80. The fraction of sp³-hybridized carbons (Fsp3) is 0.571. The Labute approximate surface area is 117 Å². The molecule has 5 heteroatoms. The maximum Gasteiger partial charge on any atom is 0.387 e. The van der Waals surface area contributed by atoms with Crippen molar-refractivity contribution >= 4 is 11.6 Å². The zero-order chi connectivity index (χ0) is 13.9. The molecule has 0 atom stereocenters. The lowest BCUT2D eigenvalue weighted by Gasteiger charge is -2.38. The molecule has 0 aliphatic heterocycles. The third-order valence-electron chi connectivity index (χ3n) is 3.67. The molecule has 0 amide bonds. The van der Waals surface area contributed by atoms with Crippen molar-refractivity contribution in [3.05, 3.63) is 28.8 Å². The first-order valence-electron chi connectivity index (χ1n) is 6.42. The van der Waals surface area contributed by atoms with Crippen LogP contribution in [0.4, 0.5) is 8.78 Å². The summed E-state index contributed by atoms with van der Waals surface area (Å²) in [5.41, 5.74) is 1.01. The minimum atomic E-state index is -2.82. The average Bonchev–Trinajstić information content (AvgIpc) is 2.30. The highest BCUT2D eigenvalue weighted by Gasteiger charge is 2.30. The molecule has 0 heterocycles. The predicted molar refractivity (Wildman–Crippen MR) is 71.7 cm³/mol. The SMILES string of the molecule is CC1(CNCc2cc(Cl)ccc2OC(F)F)CCC1. The second-order valence-corrected chi connectivity index (χ2v) is 5.83. The maximum atomic E-state index is 12.3. The van der Waals surface area contributed by atoms with E-state index in [4.69, 9.17) is 11.6 Å². The van der Waals surface area contributed by atoms with Gasteiger partial charge in [0.1, 0.15) is 5.75 Å². The summed E-state index contributed by atoms with van der Waals surface area (Å²) in [4.78, 5) is 0. The second kappa shape index (κ2) is 6.06. The summed E-state index contributed by atoms with van der Waals surface area (Å²) in [5, 5.41) is 3.82. The largest absolute Gasteiger partial charge is 0.434 e. The Morgan fingerprint density at radius 1 is 1.42 bits per heavy atom. The van der Waals surface area contributed by atoms with E-state index in [2.05, 4.69) is 17.0 Å². The topological polar surface area (TPSA) is 21.3 Å². The molecule has 1 aromatic carbocycles. The van der Waals surface area contributed by atoms with Crippen LogP contribution in [0, 0.1) is 5.41 Å². The van der Waals surface area contributed by atoms with Crippen LogP contribution < -0.4 is 10.1 Å². The maximum absolute atomic E-state index is 12.3. The number of ether oxygens (including phenoxy) is 1. The highest BCUT2D eigenvalue weighted by molar-refractivity contribution is 6.30. The summed E-state index contributed by atoms with van der Waals surface area (Å²) in [5.74, 6) is 0.186. The van der Waals surface area contributed by atoms with Crippen LogP contribution in [0.2, 0.25) is 5.02 Å². The van der Waals surface area contributed by atoms with E-state index in [1.165, 1.54) is 25.3 Å². The van der Waals surface area contributed by atoms with Gasteiger partial charge in [0.05, 0.1) is 0 Å². The van der Waals surface area contributed by atoms with Crippen LogP contribution in [0.25, 0.3) is 0 Å². The van der Waals surface area contributed by atoms with Crippen LogP contribution in [0.3, 0.4) is 0 Å². The van der Waals surface area contributed by atoms with Gasteiger partial charge in [-0.05, 0) is 36.5 Å². The molecule has 106 valence electrons. The van der Waals surface area contributed by atoms with Crippen LogP contribution in [0.1, 0.15) is 31.7 Å². The van der Waals surface area contributed by atoms with Gasteiger partial charge in [0.15, 0.2) is 0 Å². The monoisotopic (exact) mass is 289 g/mol. The van der Waals surface area contributed by atoms with Crippen LogP contribution >= 0.6 is 11.6 Å². The van der Waals surface area contributed by atoms with E-state index < -0.39 is 6.61 Å². The molecular weight excluding hydrogens is 272 g/mol. The molecule has 1 saturated carbocycles. The molecule has 0 saturated heterocycles. The molecule has 1 aliphatic carbocycles. The number of halogens is 3. The van der Waals surface area contributed by atoms with Crippen molar-refractivity contribution in [2.75, 3.05) is 6.54 Å². The van der Waals surface area contributed by atoms with Gasteiger partial charge in [0, 0.05) is 23.7 Å². The smallest absolute Gasteiger partial charge is 0.387 e. The highest BCUT2D eigenvalue weighted by Crippen LogP contribution is 2.39. The Kier molecular flexibility index (Phi) is 4.63. The van der Waals surface area contributed by atoms with Gasteiger partial charge in [-0.2, -0.15) is 8.78 Å². The summed E-state index contributed by atoms with van der Waals surface area (Å²) >= 11 is 5.89. The van der Waals surface area contributed by atoms with E-state index in [1.54, 1.807) is 12.1 Å². The Bertz CT molecular complexity index is 435. The van der Waals surface area contributed by atoms with Gasteiger partial charge in [-0.3, -0.25) is 0 Å². The van der Waals surface area contributed by atoms with Crippen molar-refractivity contribution in [3.63, 3.8) is 0 Å². The fourth-order valence-electron chi connectivity index (χ4n) is 2.35. The van der Waals surface area contributed by atoms with Crippen LogP contribution in [-0.2, 0) is 6.54 Å². The zero-order valence-corrected chi connectivity index (χ0v) is 11.6. The quantitative estimate of drug-likeness (QED) is 0.846. The number of nitrogens with one attached hydrogen (secondary N) is 1. The Hall–Kier alpha value is -0.870. The van der Waals surface area contributed by atoms with Crippen molar-refractivity contribution in [1.29, 1.82) is 0 Å². The van der Waals surface area contributed by atoms with Crippen molar-refractivity contribution < 1.29 is 13.5 Å². The van der Waals surface area contributed by atoms with Crippen molar-refractivity contribution in [3.8, 4) is 5.75 Å². The molecule has 0 bridgehead atoms. The molecule has 1 N–H and O–H groups in total. The summed E-state index contributed by atoms with van der Waals surface area (Å²) < 4.78 is 29.1. The van der Waals surface area contributed by atoms with E-state index in [0.29, 0.717) is 22.5 Å². The number of benzene rings is 1. The van der Waals surface area contributed by atoms with E-state index in [0.717, 1.165) is 6.54 Å². The first-order chi connectivity index (χ1) is 8.98. The molecular formula is C14H18ClF2NO. The first kappa shape index (κ1) is 14.5. The van der Waals surface area contributed by atoms with Gasteiger partial charge >= 0.3 is 6.61 Å². The standard InChI is InChI=1S/C14H18ClF2NO/c1-14(5-2-6-14)9-18-8-10-7-11(15)3-4-12(10)19-13(16)17/h3-4,7,13,18H,2,5-6,8-9H2,1H3. The van der Waals surface area contributed by atoms with E-state index >= 15 is 0 Å². The third-order valence-corrected chi connectivity index (χ3v) is 3.90. The fourth-order valence-corrected chi connectivity index (χ4v) is 2.55. The number of rotatable bonds is 6. The lowest BCUT2D eigenvalue weighted by atomic mass is 9.70.